The Morgan fingerprint density at radius 2 is 2.19 bits per heavy atom. The molecule has 1 aliphatic rings. The van der Waals surface area contributed by atoms with Crippen molar-refractivity contribution >= 4 is 10.0 Å². The molecule has 0 aliphatic heterocycles. The molecule has 1 aliphatic carbocycles. The van der Waals surface area contributed by atoms with Gasteiger partial charge in [0.1, 0.15) is 4.90 Å². The monoisotopic (exact) mass is 306 g/mol. The molecule has 7 heteroatoms. The van der Waals surface area contributed by atoms with Gasteiger partial charge in [0, 0.05) is 38.2 Å². The van der Waals surface area contributed by atoms with E-state index in [2.05, 4.69) is 10.1 Å². The van der Waals surface area contributed by atoms with E-state index in [1.165, 1.54) is 4.68 Å². The van der Waals surface area contributed by atoms with Crippen molar-refractivity contribution in [1.29, 1.82) is 0 Å². The van der Waals surface area contributed by atoms with Crippen molar-refractivity contribution in [2.45, 2.75) is 37.2 Å². The van der Waals surface area contributed by atoms with E-state index in [1.807, 2.05) is 12.1 Å². The van der Waals surface area contributed by atoms with Crippen molar-refractivity contribution < 1.29 is 8.42 Å². The SMILES string of the molecule is Cc1nn(C)cc1S(=O)(=O)N(Cc1cccnc1)C1CC1. The second-order valence-corrected chi connectivity index (χ2v) is 7.25. The maximum atomic E-state index is 12.9. The molecule has 6 nitrogen and oxygen atoms in total. The predicted octanol–water partition coefficient (Wildman–Crippen LogP) is 1.48. The minimum Gasteiger partial charge on any atom is -0.274 e. The van der Waals surface area contributed by atoms with Gasteiger partial charge >= 0.3 is 0 Å². The van der Waals surface area contributed by atoms with Gasteiger partial charge in [-0.2, -0.15) is 9.40 Å². The van der Waals surface area contributed by atoms with Crippen molar-refractivity contribution in [2.24, 2.45) is 7.05 Å². The summed E-state index contributed by atoms with van der Waals surface area (Å²) in [6.07, 6.45) is 6.80. The summed E-state index contributed by atoms with van der Waals surface area (Å²) < 4.78 is 28.9. The van der Waals surface area contributed by atoms with Gasteiger partial charge in [-0.25, -0.2) is 8.42 Å². The van der Waals surface area contributed by atoms with Crippen LogP contribution in [0.3, 0.4) is 0 Å². The van der Waals surface area contributed by atoms with Crippen molar-refractivity contribution in [1.82, 2.24) is 19.1 Å². The van der Waals surface area contributed by atoms with Gasteiger partial charge < -0.3 is 0 Å². The van der Waals surface area contributed by atoms with E-state index >= 15 is 0 Å². The molecule has 1 saturated carbocycles. The van der Waals surface area contributed by atoms with Gasteiger partial charge in [0.15, 0.2) is 0 Å². The van der Waals surface area contributed by atoms with Gasteiger partial charge in [0.05, 0.1) is 5.69 Å². The first-order valence-corrected chi connectivity index (χ1v) is 8.33. The first-order chi connectivity index (χ1) is 9.98. The van der Waals surface area contributed by atoms with Crippen LogP contribution >= 0.6 is 0 Å². The molecule has 2 heterocycles. The minimum atomic E-state index is -3.52. The number of pyridine rings is 1. The Balaban J connectivity index is 1.95. The molecule has 0 radical (unpaired) electrons. The summed E-state index contributed by atoms with van der Waals surface area (Å²) in [5.74, 6) is 0. The summed E-state index contributed by atoms with van der Waals surface area (Å²) in [6.45, 7) is 2.08. The summed E-state index contributed by atoms with van der Waals surface area (Å²) in [5.41, 5.74) is 1.43. The van der Waals surface area contributed by atoms with Crippen LogP contribution in [0.15, 0.2) is 35.6 Å². The van der Waals surface area contributed by atoms with E-state index in [4.69, 9.17) is 0 Å². The van der Waals surface area contributed by atoms with Gasteiger partial charge in [-0.1, -0.05) is 6.07 Å². The normalized spacial score (nSPS) is 15.6. The topological polar surface area (TPSA) is 68.1 Å². The van der Waals surface area contributed by atoms with Crippen LogP contribution < -0.4 is 0 Å². The highest BCUT2D eigenvalue weighted by atomic mass is 32.2. The average molecular weight is 306 g/mol. The van der Waals surface area contributed by atoms with E-state index < -0.39 is 10.0 Å². The summed E-state index contributed by atoms with van der Waals surface area (Å²) in [6, 6.07) is 3.81. The number of hydrogen-bond donors (Lipinski definition) is 0. The van der Waals surface area contributed by atoms with Crippen LogP contribution in [-0.2, 0) is 23.6 Å². The summed E-state index contributed by atoms with van der Waals surface area (Å²) in [4.78, 5) is 4.35. The fourth-order valence-corrected chi connectivity index (χ4v) is 4.28. The van der Waals surface area contributed by atoms with Gasteiger partial charge in [0.25, 0.3) is 0 Å². The molecule has 2 aromatic heterocycles. The van der Waals surface area contributed by atoms with Gasteiger partial charge in [-0.05, 0) is 31.4 Å². The maximum Gasteiger partial charge on any atom is 0.247 e. The third kappa shape index (κ3) is 2.84. The molecular formula is C14H18N4O2S. The fraction of sp³-hybridized carbons (Fsp3) is 0.429. The van der Waals surface area contributed by atoms with E-state index in [0.29, 0.717) is 17.1 Å². The van der Waals surface area contributed by atoms with E-state index in [-0.39, 0.29) is 6.04 Å². The zero-order chi connectivity index (χ0) is 15.0. The van der Waals surface area contributed by atoms with Crippen LogP contribution in [0.1, 0.15) is 24.1 Å². The highest BCUT2D eigenvalue weighted by molar-refractivity contribution is 7.89. The lowest BCUT2D eigenvalue weighted by atomic mass is 10.3. The molecule has 0 unspecified atom stereocenters. The number of aryl methyl sites for hydroxylation is 2. The predicted molar refractivity (Wildman–Crippen MR) is 77.9 cm³/mol. The molecule has 0 amide bonds. The molecule has 21 heavy (non-hydrogen) atoms. The molecule has 0 N–H and O–H groups in total. The molecule has 112 valence electrons. The van der Waals surface area contributed by atoms with Gasteiger partial charge in [-0.3, -0.25) is 9.67 Å². The lowest BCUT2D eigenvalue weighted by molar-refractivity contribution is 0.398. The second kappa shape index (κ2) is 5.23. The number of aromatic nitrogens is 3. The molecule has 0 aromatic carbocycles. The standard InChI is InChI=1S/C14H18N4O2S/c1-11-14(10-17(2)16-11)21(19,20)18(13-5-6-13)9-12-4-3-7-15-8-12/h3-4,7-8,10,13H,5-6,9H2,1-2H3. The fourth-order valence-electron chi connectivity index (χ4n) is 2.40. The summed E-state index contributed by atoms with van der Waals surface area (Å²) in [5, 5.41) is 4.15. The third-order valence-corrected chi connectivity index (χ3v) is 5.57. The lowest BCUT2D eigenvalue weighted by Gasteiger charge is -2.21. The molecule has 1 fully saturated rings. The zero-order valence-electron chi connectivity index (χ0n) is 12.1. The maximum absolute atomic E-state index is 12.9. The van der Waals surface area contributed by atoms with E-state index in [9.17, 15) is 8.42 Å². The highest BCUT2D eigenvalue weighted by Crippen LogP contribution is 2.34. The number of nitrogens with zero attached hydrogens (tertiary/aromatic N) is 4. The van der Waals surface area contributed by atoms with Crippen LogP contribution in [0.2, 0.25) is 0 Å². The Bertz CT molecular complexity index is 736. The first-order valence-electron chi connectivity index (χ1n) is 6.89. The van der Waals surface area contributed by atoms with Crippen molar-refractivity contribution in [2.75, 3.05) is 0 Å². The van der Waals surface area contributed by atoms with E-state index in [0.717, 1.165) is 18.4 Å². The number of hydrogen-bond acceptors (Lipinski definition) is 4. The van der Waals surface area contributed by atoms with Crippen molar-refractivity contribution in [3.63, 3.8) is 0 Å². The first kappa shape index (κ1) is 14.2. The molecule has 2 aromatic rings. The lowest BCUT2D eigenvalue weighted by Crippen LogP contribution is -2.33. The largest absolute Gasteiger partial charge is 0.274 e. The van der Waals surface area contributed by atoms with Crippen LogP contribution in [0.5, 0.6) is 0 Å². The van der Waals surface area contributed by atoms with Gasteiger partial charge in [0.2, 0.25) is 10.0 Å². The van der Waals surface area contributed by atoms with Crippen molar-refractivity contribution in [3.05, 3.63) is 42.0 Å². The van der Waals surface area contributed by atoms with Crippen LogP contribution in [-0.4, -0.2) is 33.5 Å². The number of rotatable bonds is 5. The van der Waals surface area contributed by atoms with Crippen LogP contribution in [0.4, 0.5) is 0 Å². The molecule has 0 spiro atoms. The Morgan fingerprint density at radius 1 is 1.43 bits per heavy atom. The molecule has 0 bridgehead atoms. The third-order valence-electron chi connectivity index (χ3n) is 3.57. The number of sulfonamides is 1. The summed E-state index contributed by atoms with van der Waals surface area (Å²) in [7, 11) is -1.79. The second-order valence-electron chi connectivity index (χ2n) is 5.40. The molecule has 0 atom stereocenters. The molecule has 3 rings (SSSR count). The summed E-state index contributed by atoms with van der Waals surface area (Å²) >= 11 is 0. The van der Waals surface area contributed by atoms with Gasteiger partial charge in [-0.15, -0.1) is 0 Å². The molecule has 0 saturated heterocycles. The average Bonchev–Trinajstić information content (AvgIpc) is 3.21. The molecular weight excluding hydrogens is 288 g/mol. The smallest absolute Gasteiger partial charge is 0.247 e. The highest BCUT2D eigenvalue weighted by Gasteiger charge is 2.39. The Labute approximate surface area is 124 Å². The Morgan fingerprint density at radius 3 is 2.71 bits per heavy atom. The zero-order valence-corrected chi connectivity index (χ0v) is 12.9. The van der Waals surface area contributed by atoms with Crippen LogP contribution in [0.25, 0.3) is 0 Å². The Kier molecular flexibility index (Phi) is 3.54. The van der Waals surface area contributed by atoms with Crippen molar-refractivity contribution in [3.8, 4) is 0 Å². The quantitative estimate of drug-likeness (QED) is 0.839. The Hall–Kier alpha value is -1.73. The minimum absolute atomic E-state index is 0.0924. The van der Waals surface area contributed by atoms with Crippen LogP contribution in [0, 0.1) is 6.92 Å². The van der Waals surface area contributed by atoms with E-state index in [1.54, 1.807) is 36.9 Å².